The second-order valence-electron chi connectivity index (χ2n) is 7.50. The first kappa shape index (κ1) is 24.3. The van der Waals surface area contributed by atoms with Crippen LogP contribution in [-0.2, 0) is 43.5 Å². The van der Waals surface area contributed by atoms with Crippen molar-refractivity contribution in [2.75, 3.05) is 26.3 Å². The SMILES string of the molecule is CCc1ccc(C(=O)NCc2ccc(CS(N)(=O)=O)cc2)cc1S(=O)(=O)N1CCOCC1. The molecule has 2 aromatic carbocycles. The van der Waals surface area contributed by atoms with E-state index in [4.69, 9.17) is 9.88 Å². The Morgan fingerprint density at radius 3 is 2.25 bits per heavy atom. The number of nitrogens with two attached hydrogens (primary N) is 1. The smallest absolute Gasteiger partial charge is 0.251 e. The highest BCUT2D eigenvalue weighted by atomic mass is 32.2. The molecule has 32 heavy (non-hydrogen) atoms. The van der Waals surface area contributed by atoms with Gasteiger partial charge in [0, 0.05) is 25.2 Å². The summed E-state index contributed by atoms with van der Waals surface area (Å²) in [6.07, 6.45) is 0.520. The van der Waals surface area contributed by atoms with Crippen LogP contribution in [0.15, 0.2) is 47.4 Å². The predicted molar refractivity (Wildman–Crippen MR) is 120 cm³/mol. The van der Waals surface area contributed by atoms with E-state index < -0.39 is 26.0 Å². The quantitative estimate of drug-likeness (QED) is 0.577. The molecule has 174 valence electrons. The Bertz CT molecular complexity index is 1170. The number of nitrogens with zero attached hydrogens (tertiary/aromatic N) is 1. The molecule has 1 amide bonds. The Labute approximate surface area is 188 Å². The van der Waals surface area contributed by atoms with E-state index in [0.717, 1.165) is 5.56 Å². The van der Waals surface area contributed by atoms with Gasteiger partial charge in [0.05, 0.1) is 23.9 Å². The van der Waals surface area contributed by atoms with E-state index in [1.807, 2.05) is 6.92 Å². The predicted octanol–water partition coefficient (Wildman–Crippen LogP) is 0.988. The van der Waals surface area contributed by atoms with E-state index in [2.05, 4.69) is 5.32 Å². The van der Waals surface area contributed by atoms with Gasteiger partial charge in [-0.1, -0.05) is 37.3 Å². The van der Waals surface area contributed by atoms with Crippen LogP contribution in [0, 0.1) is 0 Å². The minimum Gasteiger partial charge on any atom is -0.379 e. The molecule has 2 aromatic rings. The molecule has 1 aliphatic rings. The van der Waals surface area contributed by atoms with Gasteiger partial charge in [-0.05, 0) is 35.2 Å². The average molecular weight is 482 g/mol. The zero-order valence-electron chi connectivity index (χ0n) is 17.8. The number of aryl methyl sites for hydroxylation is 1. The highest BCUT2D eigenvalue weighted by Gasteiger charge is 2.29. The van der Waals surface area contributed by atoms with Gasteiger partial charge >= 0.3 is 0 Å². The first-order valence-corrected chi connectivity index (χ1v) is 13.3. The first-order chi connectivity index (χ1) is 15.1. The van der Waals surface area contributed by atoms with Crippen molar-refractivity contribution in [2.24, 2.45) is 5.14 Å². The number of morpholine rings is 1. The van der Waals surface area contributed by atoms with Crippen LogP contribution in [0.3, 0.4) is 0 Å². The fourth-order valence-electron chi connectivity index (χ4n) is 3.42. The van der Waals surface area contributed by atoms with Gasteiger partial charge < -0.3 is 10.1 Å². The van der Waals surface area contributed by atoms with Crippen molar-refractivity contribution in [3.8, 4) is 0 Å². The molecule has 3 rings (SSSR count). The molecule has 1 heterocycles. The number of amides is 1. The molecule has 0 aliphatic carbocycles. The van der Waals surface area contributed by atoms with Gasteiger partial charge in [-0.15, -0.1) is 0 Å². The third-order valence-corrected chi connectivity index (χ3v) is 7.86. The Morgan fingerprint density at radius 1 is 1.03 bits per heavy atom. The van der Waals surface area contributed by atoms with Crippen LogP contribution in [-0.4, -0.2) is 53.4 Å². The van der Waals surface area contributed by atoms with Crippen molar-refractivity contribution in [3.05, 3.63) is 64.7 Å². The van der Waals surface area contributed by atoms with Crippen molar-refractivity contribution in [1.82, 2.24) is 9.62 Å². The summed E-state index contributed by atoms with van der Waals surface area (Å²) in [5, 5.41) is 7.81. The fraction of sp³-hybridized carbons (Fsp3) is 0.381. The maximum absolute atomic E-state index is 13.1. The molecule has 0 spiro atoms. The zero-order valence-corrected chi connectivity index (χ0v) is 19.4. The van der Waals surface area contributed by atoms with Crippen molar-refractivity contribution >= 4 is 26.0 Å². The van der Waals surface area contributed by atoms with Gasteiger partial charge in [0.2, 0.25) is 20.0 Å². The number of hydrogen-bond acceptors (Lipinski definition) is 6. The number of hydrogen-bond donors (Lipinski definition) is 2. The molecule has 0 aromatic heterocycles. The number of primary sulfonamides is 1. The van der Waals surface area contributed by atoms with Crippen LogP contribution in [0.4, 0.5) is 0 Å². The third-order valence-electron chi connectivity index (χ3n) is 5.14. The van der Waals surface area contributed by atoms with Crippen LogP contribution in [0.1, 0.15) is 34.0 Å². The number of nitrogens with one attached hydrogen (secondary N) is 1. The molecule has 1 fully saturated rings. The number of carbonyl (C=O) groups is 1. The molecule has 0 unspecified atom stereocenters. The fourth-order valence-corrected chi connectivity index (χ4v) is 5.81. The lowest BCUT2D eigenvalue weighted by Gasteiger charge is -2.27. The van der Waals surface area contributed by atoms with E-state index in [0.29, 0.717) is 30.8 Å². The first-order valence-electron chi connectivity index (χ1n) is 10.2. The molecule has 9 nitrogen and oxygen atoms in total. The van der Waals surface area contributed by atoms with E-state index in [1.165, 1.54) is 10.4 Å². The van der Waals surface area contributed by atoms with Crippen LogP contribution in [0.5, 0.6) is 0 Å². The standard InChI is InChI=1S/C21H27N3O6S2/c1-2-18-7-8-19(13-20(18)32(28,29)24-9-11-30-12-10-24)21(25)23-14-16-3-5-17(6-4-16)15-31(22,26)27/h3-8,13H,2,9-12,14-15H2,1H3,(H,23,25)(H2,22,26,27). The monoisotopic (exact) mass is 481 g/mol. The normalized spacial score (nSPS) is 15.4. The summed E-state index contributed by atoms with van der Waals surface area (Å²) in [5.74, 6) is -0.663. The highest BCUT2D eigenvalue weighted by molar-refractivity contribution is 7.89. The Morgan fingerprint density at radius 2 is 1.66 bits per heavy atom. The minimum atomic E-state index is -3.73. The number of carbonyl (C=O) groups excluding carboxylic acids is 1. The number of benzene rings is 2. The zero-order chi connectivity index (χ0) is 23.4. The summed E-state index contributed by atoms with van der Waals surface area (Å²) < 4.78 is 55.3. The lowest BCUT2D eigenvalue weighted by atomic mass is 10.1. The Hall–Kier alpha value is -2.31. The molecule has 11 heteroatoms. The maximum Gasteiger partial charge on any atom is 0.251 e. The van der Waals surface area contributed by atoms with E-state index in [1.54, 1.807) is 36.4 Å². The van der Waals surface area contributed by atoms with Gasteiger partial charge in [0.15, 0.2) is 0 Å². The van der Waals surface area contributed by atoms with Gasteiger partial charge in [0.25, 0.3) is 5.91 Å². The van der Waals surface area contributed by atoms with E-state index in [-0.39, 0.29) is 35.8 Å². The van der Waals surface area contributed by atoms with Crippen molar-refractivity contribution in [3.63, 3.8) is 0 Å². The summed E-state index contributed by atoms with van der Waals surface area (Å²) in [5.41, 5.74) is 2.22. The summed E-state index contributed by atoms with van der Waals surface area (Å²) in [4.78, 5) is 12.8. The molecule has 0 atom stereocenters. The van der Waals surface area contributed by atoms with Crippen molar-refractivity contribution in [2.45, 2.75) is 30.5 Å². The second-order valence-corrected chi connectivity index (χ2v) is 11.0. The van der Waals surface area contributed by atoms with Crippen molar-refractivity contribution < 1.29 is 26.4 Å². The molecular weight excluding hydrogens is 454 g/mol. The molecule has 0 bridgehead atoms. The average Bonchev–Trinajstić information content (AvgIpc) is 2.77. The van der Waals surface area contributed by atoms with E-state index in [9.17, 15) is 21.6 Å². The minimum absolute atomic E-state index is 0.141. The molecular formula is C21H27N3O6S2. The summed E-state index contributed by atoms with van der Waals surface area (Å²) in [7, 11) is -7.34. The van der Waals surface area contributed by atoms with Crippen LogP contribution >= 0.6 is 0 Å². The van der Waals surface area contributed by atoms with E-state index >= 15 is 0 Å². The van der Waals surface area contributed by atoms with Crippen LogP contribution in [0.25, 0.3) is 0 Å². The van der Waals surface area contributed by atoms with Crippen molar-refractivity contribution in [1.29, 1.82) is 0 Å². The largest absolute Gasteiger partial charge is 0.379 e. The Balaban J connectivity index is 1.74. The number of sulfonamides is 2. The number of ether oxygens (including phenoxy) is 1. The summed E-state index contributed by atoms with van der Waals surface area (Å²) >= 11 is 0. The molecule has 3 N–H and O–H groups in total. The van der Waals surface area contributed by atoms with Gasteiger partial charge in [-0.3, -0.25) is 4.79 Å². The van der Waals surface area contributed by atoms with Gasteiger partial charge in [-0.25, -0.2) is 22.0 Å². The maximum atomic E-state index is 13.1. The van der Waals surface area contributed by atoms with Crippen LogP contribution in [0.2, 0.25) is 0 Å². The lowest BCUT2D eigenvalue weighted by Crippen LogP contribution is -2.41. The molecule has 0 saturated carbocycles. The lowest BCUT2D eigenvalue weighted by molar-refractivity contribution is 0.0730. The summed E-state index contributed by atoms with van der Waals surface area (Å²) in [6, 6.07) is 11.4. The summed E-state index contributed by atoms with van der Waals surface area (Å²) in [6.45, 7) is 3.32. The number of rotatable bonds is 8. The van der Waals surface area contributed by atoms with Crippen LogP contribution < -0.4 is 10.5 Å². The van der Waals surface area contributed by atoms with Gasteiger partial charge in [-0.2, -0.15) is 4.31 Å². The third kappa shape index (κ3) is 6.14. The second kappa shape index (κ2) is 10.1. The Kier molecular flexibility index (Phi) is 7.67. The van der Waals surface area contributed by atoms with Gasteiger partial charge in [0.1, 0.15) is 0 Å². The highest BCUT2D eigenvalue weighted by Crippen LogP contribution is 2.23. The molecule has 1 saturated heterocycles. The molecule has 1 aliphatic heterocycles. The molecule has 0 radical (unpaired) electrons. The topological polar surface area (TPSA) is 136 Å².